The first-order valence-corrected chi connectivity index (χ1v) is 8.75. The van der Waals surface area contributed by atoms with Gasteiger partial charge in [-0.25, -0.2) is 0 Å². The van der Waals surface area contributed by atoms with Gasteiger partial charge in [-0.05, 0) is 44.1 Å². The fourth-order valence-corrected chi connectivity index (χ4v) is 3.60. The number of nitrogens with one attached hydrogen (secondary N) is 1. The molecule has 124 valence electrons. The SMILES string of the molecule is Cc1noc([C@@H](NC(=O)[C@H](C)c2cccs2)C2CCOCC2)n1. The number of carbonyl (C=O) groups excluding carboxylic acids is 1. The molecule has 2 aromatic heterocycles. The molecule has 6 nitrogen and oxygen atoms in total. The maximum Gasteiger partial charge on any atom is 0.249 e. The van der Waals surface area contributed by atoms with E-state index in [1.165, 1.54) is 0 Å². The fourth-order valence-electron chi connectivity index (χ4n) is 2.81. The Labute approximate surface area is 139 Å². The van der Waals surface area contributed by atoms with Crippen molar-refractivity contribution in [3.63, 3.8) is 0 Å². The molecule has 1 N–H and O–H groups in total. The molecule has 0 aromatic carbocycles. The summed E-state index contributed by atoms with van der Waals surface area (Å²) in [6.07, 6.45) is 1.75. The third kappa shape index (κ3) is 3.79. The summed E-state index contributed by atoms with van der Waals surface area (Å²) in [5, 5.41) is 8.97. The molecule has 7 heteroatoms. The minimum absolute atomic E-state index is 0.0141. The number of hydrogen-bond donors (Lipinski definition) is 1. The Morgan fingerprint density at radius 1 is 1.43 bits per heavy atom. The lowest BCUT2D eigenvalue weighted by atomic mass is 9.91. The van der Waals surface area contributed by atoms with Crippen molar-refractivity contribution in [3.8, 4) is 0 Å². The zero-order valence-electron chi connectivity index (χ0n) is 13.3. The zero-order chi connectivity index (χ0) is 16.2. The van der Waals surface area contributed by atoms with Crippen LogP contribution in [0, 0.1) is 12.8 Å². The number of ether oxygens (including phenoxy) is 1. The molecule has 0 unspecified atom stereocenters. The molecule has 23 heavy (non-hydrogen) atoms. The highest BCUT2D eigenvalue weighted by Gasteiger charge is 2.32. The van der Waals surface area contributed by atoms with Crippen LogP contribution < -0.4 is 5.32 Å². The molecule has 1 aliphatic rings. The Kier molecular flexibility index (Phi) is 5.07. The van der Waals surface area contributed by atoms with Crippen molar-refractivity contribution in [3.05, 3.63) is 34.1 Å². The van der Waals surface area contributed by atoms with Gasteiger partial charge in [0.25, 0.3) is 0 Å². The number of carbonyl (C=O) groups is 1. The monoisotopic (exact) mass is 335 g/mol. The highest BCUT2D eigenvalue weighted by molar-refractivity contribution is 7.10. The van der Waals surface area contributed by atoms with E-state index in [2.05, 4.69) is 15.5 Å². The van der Waals surface area contributed by atoms with Crippen LogP contribution in [-0.4, -0.2) is 29.3 Å². The van der Waals surface area contributed by atoms with Crippen LogP contribution in [-0.2, 0) is 9.53 Å². The Balaban J connectivity index is 1.76. The first kappa shape index (κ1) is 16.1. The minimum atomic E-state index is -0.255. The lowest BCUT2D eigenvalue weighted by Gasteiger charge is -2.29. The summed E-state index contributed by atoms with van der Waals surface area (Å²) in [7, 11) is 0. The number of aryl methyl sites for hydroxylation is 1. The van der Waals surface area contributed by atoms with Crippen molar-refractivity contribution in [2.45, 2.75) is 38.6 Å². The molecule has 0 radical (unpaired) electrons. The van der Waals surface area contributed by atoms with Crippen molar-refractivity contribution in [1.29, 1.82) is 0 Å². The van der Waals surface area contributed by atoms with Crippen LogP contribution in [0.5, 0.6) is 0 Å². The van der Waals surface area contributed by atoms with Crippen LogP contribution in [0.1, 0.15) is 48.3 Å². The molecule has 0 bridgehead atoms. The van der Waals surface area contributed by atoms with Gasteiger partial charge in [0.15, 0.2) is 5.82 Å². The van der Waals surface area contributed by atoms with Crippen LogP contribution in [0.25, 0.3) is 0 Å². The standard InChI is InChI=1S/C16H21N3O3S/c1-10(13-4-3-9-23-13)15(20)18-14(12-5-7-21-8-6-12)16-17-11(2)19-22-16/h3-4,9-10,12,14H,5-8H2,1-2H3,(H,18,20)/t10-,14+/m1/s1. The molecular weight excluding hydrogens is 314 g/mol. The van der Waals surface area contributed by atoms with Crippen LogP contribution in [0.3, 0.4) is 0 Å². The first-order valence-electron chi connectivity index (χ1n) is 7.87. The summed E-state index contributed by atoms with van der Waals surface area (Å²) in [4.78, 5) is 18.0. The third-order valence-corrected chi connectivity index (χ3v) is 5.26. The highest BCUT2D eigenvalue weighted by Crippen LogP contribution is 2.30. The predicted molar refractivity (Wildman–Crippen MR) is 86.2 cm³/mol. The average molecular weight is 335 g/mol. The highest BCUT2D eigenvalue weighted by atomic mass is 32.1. The maximum absolute atomic E-state index is 12.6. The largest absolute Gasteiger partial charge is 0.381 e. The Hall–Kier alpha value is -1.73. The fraction of sp³-hybridized carbons (Fsp3) is 0.562. The summed E-state index contributed by atoms with van der Waals surface area (Å²) < 4.78 is 10.8. The number of nitrogens with zero attached hydrogens (tertiary/aromatic N) is 2. The van der Waals surface area contributed by atoms with E-state index >= 15 is 0 Å². The molecule has 2 aromatic rings. The van der Waals surface area contributed by atoms with Crippen LogP contribution in [0.15, 0.2) is 22.0 Å². The van der Waals surface area contributed by atoms with E-state index in [0.717, 1.165) is 17.7 Å². The Morgan fingerprint density at radius 3 is 2.83 bits per heavy atom. The summed E-state index contributed by atoms with van der Waals surface area (Å²) in [5.74, 6) is 1.11. The maximum atomic E-state index is 12.6. The lowest BCUT2D eigenvalue weighted by Crippen LogP contribution is -2.38. The van der Waals surface area contributed by atoms with Gasteiger partial charge >= 0.3 is 0 Å². The molecule has 0 aliphatic carbocycles. The van der Waals surface area contributed by atoms with Crippen LogP contribution in [0.2, 0.25) is 0 Å². The van der Waals surface area contributed by atoms with E-state index in [0.29, 0.717) is 24.9 Å². The lowest BCUT2D eigenvalue weighted by molar-refractivity contribution is -0.123. The predicted octanol–water partition coefficient (Wildman–Crippen LogP) is 2.83. The molecule has 0 saturated carbocycles. The number of amides is 1. The quantitative estimate of drug-likeness (QED) is 0.909. The Bertz CT molecular complexity index is 635. The molecule has 1 amide bonds. The Morgan fingerprint density at radius 2 is 2.22 bits per heavy atom. The molecule has 1 fully saturated rings. The number of rotatable bonds is 5. The molecule has 3 heterocycles. The first-order chi connectivity index (χ1) is 11.1. The van der Waals surface area contributed by atoms with E-state index in [-0.39, 0.29) is 23.8 Å². The summed E-state index contributed by atoms with van der Waals surface area (Å²) in [6.45, 7) is 5.10. The van der Waals surface area contributed by atoms with Crippen molar-refractivity contribution < 1.29 is 14.1 Å². The summed E-state index contributed by atoms with van der Waals surface area (Å²) in [5.41, 5.74) is 0. The van der Waals surface area contributed by atoms with E-state index < -0.39 is 0 Å². The van der Waals surface area contributed by atoms with Crippen LogP contribution >= 0.6 is 11.3 Å². The van der Waals surface area contributed by atoms with Gasteiger partial charge in [-0.1, -0.05) is 11.2 Å². The molecular formula is C16H21N3O3S. The van der Waals surface area contributed by atoms with Crippen molar-refractivity contribution in [1.82, 2.24) is 15.5 Å². The van der Waals surface area contributed by atoms with Crippen molar-refractivity contribution >= 4 is 17.2 Å². The average Bonchev–Trinajstić information content (AvgIpc) is 3.24. The minimum Gasteiger partial charge on any atom is -0.381 e. The van der Waals surface area contributed by atoms with Gasteiger partial charge in [-0.15, -0.1) is 11.3 Å². The van der Waals surface area contributed by atoms with Crippen LogP contribution in [0.4, 0.5) is 0 Å². The zero-order valence-corrected chi connectivity index (χ0v) is 14.1. The van der Waals surface area contributed by atoms with Gasteiger partial charge in [0.1, 0.15) is 6.04 Å². The molecule has 2 atom stereocenters. The smallest absolute Gasteiger partial charge is 0.249 e. The number of aromatic nitrogens is 2. The van der Waals surface area contributed by atoms with Gasteiger partial charge in [0.05, 0.1) is 5.92 Å². The second-order valence-electron chi connectivity index (χ2n) is 5.85. The summed E-state index contributed by atoms with van der Waals surface area (Å²) in [6, 6.07) is 3.69. The summed E-state index contributed by atoms with van der Waals surface area (Å²) >= 11 is 1.59. The van der Waals surface area contributed by atoms with Gasteiger partial charge in [-0.3, -0.25) is 4.79 Å². The molecule has 1 aliphatic heterocycles. The third-order valence-electron chi connectivity index (χ3n) is 4.21. The molecule has 0 spiro atoms. The van der Waals surface area contributed by atoms with E-state index in [9.17, 15) is 4.79 Å². The number of hydrogen-bond acceptors (Lipinski definition) is 6. The van der Waals surface area contributed by atoms with Gasteiger partial charge in [-0.2, -0.15) is 4.98 Å². The normalized spacial score (nSPS) is 18.5. The second kappa shape index (κ2) is 7.23. The van der Waals surface area contributed by atoms with Gasteiger partial charge in [0, 0.05) is 18.1 Å². The van der Waals surface area contributed by atoms with E-state index in [4.69, 9.17) is 9.26 Å². The molecule has 3 rings (SSSR count). The molecule has 1 saturated heterocycles. The van der Waals surface area contributed by atoms with E-state index in [1.807, 2.05) is 24.4 Å². The van der Waals surface area contributed by atoms with Crippen molar-refractivity contribution in [2.75, 3.05) is 13.2 Å². The van der Waals surface area contributed by atoms with Crippen molar-refractivity contribution in [2.24, 2.45) is 5.92 Å². The number of thiophene rings is 1. The second-order valence-corrected chi connectivity index (χ2v) is 6.83. The van der Waals surface area contributed by atoms with Gasteiger partial charge < -0.3 is 14.6 Å². The van der Waals surface area contributed by atoms with Gasteiger partial charge in [0.2, 0.25) is 11.8 Å². The van der Waals surface area contributed by atoms with E-state index in [1.54, 1.807) is 18.3 Å². The topological polar surface area (TPSA) is 77.2 Å².